The van der Waals surface area contributed by atoms with Gasteiger partial charge in [0.25, 0.3) is 0 Å². The van der Waals surface area contributed by atoms with Crippen LogP contribution in [0.5, 0.6) is 11.5 Å². The Bertz CT molecular complexity index is 576. The number of benzene rings is 1. The van der Waals surface area contributed by atoms with E-state index in [1.165, 1.54) is 14.2 Å². The van der Waals surface area contributed by atoms with Gasteiger partial charge in [0, 0.05) is 0 Å². The summed E-state index contributed by atoms with van der Waals surface area (Å²) in [7, 11) is 2.71. The van der Waals surface area contributed by atoms with Crippen LogP contribution in [0.3, 0.4) is 0 Å². The number of hydrogen-bond acceptors (Lipinski definition) is 7. The SMILES string of the molecule is CCOC(=O)C(O)C(Cc1ccc(OCC)c(OC)c1)NC(=O)OC. The zero-order chi connectivity index (χ0) is 18.8. The molecule has 0 aliphatic rings. The molecule has 0 spiro atoms. The second-order valence-corrected chi connectivity index (χ2v) is 5.06. The van der Waals surface area contributed by atoms with Crippen molar-refractivity contribution in [3.05, 3.63) is 23.8 Å². The molecule has 1 rings (SSSR count). The molecule has 8 nitrogen and oxygen atoms in total. The zero-order valence-corrected chi connectivity index (χ0v) is 14.9. The number of carbonyl (C=O) groups is 2. The Morgan fingerprint density at radius 1 is 1.16 bits per heavy atom. The van der Waals surface area contributed by atoms with E-state index >= 15 is 0 Å². The van der Waals surface area contributed by atoms with Crippen molar-refractivity contribution in [2.75, 3.05) is 27.4 Å². The van der Waals surface area contributed by atoms with Crippen molar-refractivity contribution in [1.29, 1.82) is 0 Å². The average molecular weight is 355 g/mol. The van der Waals surface area contributed by atoms with Crippen LogP contribution in [-0.2, 0) is 20.7 Å². The highest BCUT2D eigenvalue weighted by Crippen LogP contribution is 2.28. The van der Waals surface area contributed by atoms with Crippen LogP contribution in [0.25, 0.3) is 0 Å². The number of aliphatic hydroxyl groups is 1. The molecular formula is C17H25NO7. The van der Waals surface area contributed by atoms with Crippen molar-refractivity contribution in [1.82, 2.24) is 5.32 Å². The van der Waals surface area contributed by atoms with E-state index in [4.69, 9.17) is 14.2 Å². The van der Waals surface area contributed by atoms with E-state index in [0.717, 1.165) is 5.56 Å². The summed E-state index contributed by atoms with van der Waals surface area (Å²) < 4.78 is 20.1. The standard InChI is InChI=1S/C17H25NO7/c1-5-24-13-8-7-11(10-14(13)22-3)9-12(18-17(21)23-4)15(19)16(20)25-6-2/h7-8,10,12,15,19H,5-6,9H2,1-4H3,(H,18,21). The van der Waals surface area contributed by atoms with Gasteiger partial charge in [0.2, 0.25) is 0 Å². The fourth-order valence-electron chi connectivity index (χ4n) is 2.21. The largest absolute Gasteiger partial charge is 0.493 e. The molecule has 1 aromatic rings. The summed E-state index contributed by atoms with van der Waals surface area (Å²) in [6.45, 7) is 4.10. The van der Waals surface area contributed by atoms with Gasteiger partial charge in [-0.1, -0.05) is 6.07 Å². The number of rotatable bonds is 9. The number of alkyl carbamates (subject to hydrolysis) is 1. The van der Waals surface area contributed by atoms with Gasteiger partial charge in [-0.05, 0) is 38.0 Å². The number of nitrogens with one attached hydrogen (secondary N) is 1. The number of carbonyl (C=O) groups excluding carboxylic acids is 2. The van der Waals surface area contributed by atoms with Crippen molar-refractivity contribution in [3.8, 4) is 11.5 Å². The first-order valence-corrected chi connectivity index (χ1v) is 7.95. The second kappa shape index (κ2) is 10.4. The van der Waals surface area contributed by atoms with E-state index in [0.29, 0.717) is 18.1 Å². The van der Waals surface area contributed by atoms with E-state index in [9.17, 15) is 14.7 Å². The lowest BCUT2D eigenvalue weighted by molar-refractivity contribution is -0.154. The van der Waals surface area contributed by atoms with Crippen molar-refractivity contribution in [2.45, 2.75) is 32.4 Å². The van der Waals surface area contributed by atoms with Crippen molar-refractivity contribution in [2.24, 2.45) is 0 Å². The van der Waals surface area contributed by atoms with Crippen LogP contribution in [0.15, 0.2) is 18.2 Å². The first-order chi connectivity index (χ1) is 12.0. The van der Waals surface area contributed by atoms with Gasteiger partial charge in [-0.15, -0.1) is 0 Å². The maximum absolute atomic E-state index is 11.8. The van der Waals surface area contributed by atoms with Crippen molar-refractivity contribution < 1.29 is 33.6 Å². The first kappa shape index (κ1) is 20.6. The normalized spacial score (nSPS) is 12.7. The molecule has 0 saturated heterocycles. The van der Waals surface area contributed by atoms with E-state index in [-0.39, 0.29) is 13.0 Å². The minimum absolute atomic E-state index is 0.123. The summed E-state index contributed by atoms with van der Waals surface area (Å²) in [6.07, 6.45) is -2.12. The maximum Gasteiger partial charge on any atom is 0.407 e. The van der Waals surface area contributed by atoms with E-state index in [1.54, 1.807) is 25.1 Å². The predicted octanol–water partition coefficient (Wildman–Crippen LogP) is 1.28. The van der Waals surface area contributed by atoms with Gasteiger partial charge in [-0.25, -0.2) is 9.59 Å². The van der Waals surface area contributed by atoms with Gasteiger partial charge in [0.1, 0.15) is 0 Å². The van der Waals surface area contributed by atoms with Crippen molar-refractivity contribution in [3.63, 3.8) is 0 Å². The molecule has 1 aromatic carbocycles. The Balaban J connectivity index is 2.99. The van der Waals surface area contributed by atoms with Gasteiger partial charge in [-0.2, -0.15) is 0 Å². The molecular weight excluding hydrogens is 330 g/mol. The summed E-state index contributed by atoms with van der Waals surface area (Å²) in [5.74, 6) is 0.278. The lowest BCUT2D eigenvalue weighted by Gasteiger charge is -2.22. The van der Waals surface area contributed by atoms with Gasteiger partial charge in [0.15, 0.2) is 17.6 Å². The first-order valence-electron chi connectivity index (χ1n) is 7.95. The molecule has 0 bridgehead atoms. The highest BCUT2D eigenvalue weighted by atomic mass is 16.6. The van der Waals surface area contributed by atoms with Crippen LogP contribution < -0.4 is 14.8 Å². The fraction of sp³-hybridized carbons (Fsp3) is 0.529. The molecule has 0 aliphatic heterocycles. The van der Waals surface area contributed by atoms with E-state index < -0.39 is 24.2 Å². The number of aliphatic hydroxyl groups excluding tert-OH is 1. The fourth-order valence-corrected chi connectivity index (χ4v) is 2.21. The molecule has 2 N–H and O–H groups in total. The number of hydrogen-bond donors (Lipinski definition) is 2. The highest BCUT2D eigenvalue weighted by Gasteiger charge is 2.29. The Morgan fingerprint density at radius 2 is 1.88 bits per heavy atom. The van der Waals surface area contributed by atoms with Crippen LogP contribution in [0.2, 0.25) is 0 Å². The summed E-state index contributed by atoms with van der Waals surface area (Å²) in [6, 6.07) is 4.28. The third-order valence-electron chi connectivity index (χ3n) is 3.38. The smallest absolute Gasteiger partial charge is 0.407 e. The van der Waals surface area contributed by atoms with Gasteiger partial charge in [-0.3, -0.25) is 0 Å². The number of amides is 1. The molecule has 0 fully saturated rings. The lowest BCUT2D eigenvalue weighted by Crippen LogP contribution is -2.48. The highest BCUT2D eigenvalue weighted by molar-refractivity contribution is 5.77. The number of ether oxygens (including phenoxy) is 4. The lowest BCUT2D eigenvalue weighted by atomic mass is 10.0. The minimum atomic E-state index is -1.53. The van der Waals surface area contributed by atoms with E-state index in [1.807, 2.05) is 6.92 Å². The third-order valence-corrected chi connectivity index (χ3v) is 3.38. The van der Waals surface area contributed by atoms with Crippen LogP contribution in [-0.4, -0.2) is 56.7 Å². The van der Waals surface area contributed by atoms with Gasteiger partial charge < -0.3 is 29.4 Å². The molecule has 1 amide bonds. The van der Waals surface area contributed by atoms with Gasteiger partial charge in [0.05, 0.1) is 33.5 Å². The third kappa shape index (κ3) is 6.15. The van der Waals surface area contributed by atoms with Gasteiger partial charge >= 0.3 is 12.1 Å². The maximum atomic E-state index is 11.8. The topological polar surface area (TPSA) is 103 Å². The molecule has 140 valence electrons. The molecule has 0 aliphatic carbocycles. The summed E-state index contributed by atoms with van der Waals surface area (Å²) in [5.41, 5.74) is 0.727. The average Bonchev–Trinajstić information content (AvgIpc) is 2.61. The number of esters is 1. The molecule has 0 radical (unpaired) electrons. The minimum Gasteiger partial charge on any atom is -0.493 e. The molecule has 2 unspecified atom stereocenters. The molecule has 0 aromatic heterocycles. The van der Waals surface area contributed by atoms with Crippen LogP contribution >= 0.6 is 0 Å². The van der Waals surface area contributed by atoms with Crippen LogP contribution in [0.4, 0.5) is 4.79 Å². The molecule has 0 saturated carbocycles. The predicted molar refractivity (Wildman–Crippen MR) is 89.8 cm³/mol. The molecule has 25 heavy (non-hydrogen) atoms. The Morgan fingerprint density at radius 3 is 2.44 bits per heavy atom. The second-order valence-electron chi connectivity index (χ2n) is 5.06. The summed E-state index contributed by atoms with van der Waals surface area (Å²) in [4.78, 5) is 23.3. The Kier molecular flexibility index (Phi) is 8.55. The van der Waals surface area contributed by atoms with Crippen LogP contribution in [0, 0.1) is 0 Å². The van der Waals surface area contributed by atoms with Crippen molar-refractivity contribution >= 4 is 12.1 Å². The van der Waals surface area contributed by atoms with Crippen LogP contribution in [0.1, 0.15) is 19.4 Å². The monoisotopic (exact) mass is 355 g/mol. The number of methoxy groups -OCH3 is 2. The molecule has 0 heterocycles. The Hall–Kier alpha value is -2.48. The molecule has 2 atom stereocenters. The molecule has 8 heteroatoms. The Labute approximate surface area is 147 Å². The summed E-state index contributed by atoms with van der Waals surface area (Å²) in [5, 5.41) is 12.6. The summed E-state index contributed by atoms with van der Waals surface area (Å²) >= 11 is 0. The zero-order valence-electron chi connectivity index (χ0n) is 14.9. The van der Waals surface area contributed by atoms with E-state index in [2.05, 4.69) is 10.1 Å². The quantitative estimate of drug-likeness (QED) is 0.643.